The van der Waals surface area contributed by atoms with Crippen LogP contribution in [0.4, 0.5) is 0 Å². The van der Waals surface area contributed by atoms with Gasteiger partial charge in [-0.25, -0.2) is 8.42 Å². The van der Waals surface area contributed by atoms with Crippen molar-refractivity contribution in [2.24, 2.45) is 5.92 Å². The normalized spacial score (nSPS) is 23.3. The van der Waals surface area contributed by atoms with Gasteiger partial charge < -0.3 is 5.32 Å². The zero-order chi connectivity index (χ0) is 10.6. The molecule has 0 unspecified atom stereocenters. The fourth-order valence-electron chi connectivity index (χ4n) is 1.26. The highest BCUT2D eigenvalue weighted by atomic mass is 32.2. The molecule has 1 aliphatic rings. The van der Waals surface area contributed by atoms with Crippen LogP contribution in [-0.2, 0) is 14.6 Å². The first-order valence-corrected chi connectivity index (χ1v) is 6.03. The van der Waals surface area contributed by atoms with Crippen LogP contribution >= 0.6 is 0 Å². The highest BCUT2D eigenvalue weighted by molar-refractivity contribution is 7.94. The maximum atomic E-state index is 11.2. The molecule has 0 aromatic heterocycles. The van der Waals surface area contributed by atoms with E-state index in [9.17, 15) is 13.2 Å². The minimum atomic E-state index is -3.04. The molecule has 1 N–H and O–H groups in total. The Bertz CT molecular complexity index is 356. The zero-order valence-electron chi connectivity index (χ0n) is 7.77. The smallest absolute Gasteiger partial charge is 0.220 e. The van der Waals surface area contributed by atoms with Crippen molar-refractivity contribution in [3.63, 3.8) is 0 Å². The number of carbonyl (C=O) groups excluding carboxylic acids is 1. The first-order chi connectivity index (χ1) is 6.53. The van der Waals surface area contributed by atoms with E-state index in [0.717, 1.165) is 0 Å². The van der Waals surface area contributed by atoms with Crippen molar-refractivity contribution < 1.29 is 13.2 Å². The first-order valence-electron chi connectivity index (χ1n) is 4.32. The maximum Gasteiger partial charge on any atom is 0.220 e. The van der Waals surface area contributed by atoms with E-state index in [1.807, 2.05) is 0 Å². The van der Waals surface area contributed by atoms with E-state index >= 15 is 0 Å². The van der Waals surface area contributed by atoms with Gasteiger partial charge in [0, 0.05) is 24.3 Å². The highest BCUT2D eigenvalue weighted by Crippen LogP contribution is 2.17. The number of sulfone groups is 1. The molecule has 1 atom stereocenters. The molecule has 1 rings (SSSR count). The summed E-state index contributed by atoms with van der Waals surface area (Å²) in [5, 5.41) is 3.78. The Hall–Kier alpha value is -1.10. The quantitative estimate of drug-likeness (QED) is 0.683. The van der Waals surface area contributed by atoms with E-state index in [-0.39, 0.29) is 24.0 Å². The Morgan fingerprint density at radius 1 is 1.64 bits per heavy atom. The molecule has 14 heavy (non-hydrogen) atoms. The predicted molar refractivity (Wildman–Crippen MR) is 54.2 cm³/mol. The molecule has 0 saturated heterocycles. The molecule has 0 fully saturated rings. The summed E-state index contributed by atoms with van der Waals surface area (Å²) >= 11 is 0. The number of carbonyl (C=O) groups is 1. The summed E-state index contributed by atoms with van der Waals surface area (Å²) in [7, 11) is -3.04. The molecule has 4 nitrogen and oxygen atoms in total. The van der Waals surface area contributed by atoms with Gasteiger partial charge in [0.15, 0.2) is 9.84 Å². The predicted octanol–water partition coefficient (Wildman–Crippen LogP) is 0.237. The van der Waals surface area contributed by atoms with Crippen LogP contribution < -0.4 is 5.32 Å². The summed E-state index contributed by atoms with van der Waals surface area (Å²) in [6.07, 6.45) is 3.38. The third-order valence-corrected chi connectivity index (χ3v) is 3.36. The average Bonchev–Trinajstić information content (AvgIpc) is 2.42. The van der Waals surface area contributed by atoms with E-state index < -0.39 is 9.84 Å². The molecular weight excluding hydrogens is 202 g/mol. The third-order valence-electron chi connectivity index (χ3n) is 1.90. The van der Waals surface area contributed by atoms with Gasteiger partial charge >= 0.3 is 0 Å². The maximum absolute atomic E-state index is 11.2. The number of rotatable bonds is 4. The summed E-state index contributed by atoms with van der Waals surface area (Å²) in [6.45, 7) is 3.88. The van der Waals surface area contributed by atoms with E-state index in [1.165, 1.54) is 5.41 Å². The summed E-state index contributed by atoms with van der Waals surface area (Å²) in [5.74, 6) is -0.268. The van der Waals surface area contributed by atoms with Crippen molar-refractivity contribution in [1.82, 2.24) is 5.32 Å². The van der Waals surface area contributed by atoms with Crippen molar-refractivity contribution in [3.05, 3.63) is 24.1 Å². The lowest BCUT2D eigenvalue weighted by Gasteiger charge is -2.05. The van der Waals surface area contributed by atoms with Crippen LogP contribution in [0.3, 0.4) is 0 Å². The molecule has 5 heteroatoms. The molecule has 0 saturated carbocycles. The van der Waals surface area contributed by atoms with Crippen LogP contribution in [0.15, 0.2) is 24.1 Å². The van der Waals surface area contributed by atoms with E-state index in [2.05, 4.69) is 11.9 Å². The van der Waals surface area contributed by atoms with Crippen molar-refractivity contribution in [2.45, 2.75) is 6.42 Å². The number of allylic oxidation sites excluding steroid dienone is 1. The zero-order valence-corrected chi connectivity index (χ0v) is 8.59. The van der Waals surface area contributed by atoms with Crippen LogP contribution in [0, 0.1) is 5.92 Å². The molecule has 1 aliphatic heterocycles. The Morgan fingerprint density at radius 2 is 2.36 bits per heavy atom. The average molecular weight is 215 g/mol. The monoisotopic (exact) mass is 215 g/mol. The van der Waals surface area contributed by atoms with Crippen LogP contribution in [0.5, 0.6) is 0 Å². The van der Waals surface area contributed by atoms with Crippen molar-refractivity contribution in [1.29, 1.82) is 0 Å². The standard InChI is InChI=1S/C9H13NO3S/c1-2-4-10-9(11)6-8-3-5-14(12,13)7-8/h2-3,5,8H,1,4,6-7H2,(H,10,11)/t8-/m0/s1. The SMILES string of the molecule is C=CCNC(=O)C[C@@H]1C=CS(=O)(=O)C1. The van der Waals surface area contributed by atoms with Crippen molar-refractivity contribution in [2.75, 3.05) is 12.3 Å². The lowest BCUT2D eigenvalue weighted by molar-refractivity contribution is -0.121. The second kappa shape index (κ2) is 4.41. The van der Waals surface area contributed by atoms with Gasteiger partial charge in [0.05, 0.1) is 5.75 Å². The van der Waals surface area contributed by atoms with Gasteiger partial charge in [0.1, 0.15) is 0 Å². The summed E-state index contributed by atoms with van der Waals surface area (Å²) in [6, 6.07) is 0. The summed E-state index contributed by atoms with van der Waals surface area (Å²) in [5.41, 5.74) is 0. The van der Waals surface area contributed by atoms with Gasteiger partial charge in [-0.3, -0.25) is 4.79 Å². The molecule has 0 aromatic rings. The summed E-state index contributed by atoms with van der Waals surface area (Å²) < 4.78 is 22.0. The van der Waals surface area contributed by atoms with Gasteiger partial charge in [0.25, 0.3) is 0 Å². The number of hydrogen-bond acceptors (Lipinski definition) is 3. The lowest BCUT2D eigenvalue weighted by Crippen LogP contribution is -2.25. The molecule has 0 aliphatic carbocycles. The first kappa shape index (κ1) is 11.0. The minimum Gasteiger partial charge on any atom is -0.353 e. The van der Waals surface area contributed by atoms with E-state index in [1.54, 1.807) is 12.2 Å². The second-order valence-electron chi connectivity index (χ2n) is 3.22. The summed E-state index contributed by atoms with van der Waals surface area (Å²) in [4.78, 5) is 11.2. The molecule has 1 amide bonds. The fourth-order valence-corrected chi connectivity index (χ4v) is 2.66. The third kappa shape index (κ3) is 3.33. The largest absolute Gasteiger partial charge is 0.353 e. The van der Waals surface area contributed by atoms with E-state index in [0.29, 0.717) is 6.54 Å². The molecule has 1 heterocycles. The van der Waals surface area contributed by atoms with Gasteiger partial charge in [-0.05, 0) is 0 Å². The van der Waals surface area contributed by atoms with Gasteiger partial charge in [-0.2, -0.15) is 0 Å². The number of amides is 1. The Labute approximate surface area is 83.6 Å². The van der Waals surface area contributed by atoms with E-state index in [4.69, 9.17) is 0 Å². The molecular formula is C9H13NO3S. The van der Waals surface area contributed by atoms with Crippen LogP contribution in [-0.4, -0.2) is 26.6 Å². The lowest BCUT2D eigenvalue weighted by atomic mass is 10.1. The highest BCUT2D eigenvalue weighted by Gasteiger charge is 2.23. The molecule has 78 valence electrons. The molecule has 0 spiro atoms. The van der Waals surface area contributed by atoms with Crippen LogP contribution in [0.25, 0.3) is 0 Å². The van der Waals surface area contributed by atoms with Crippen LogP contribution in [0.1, 0.15) is 6.42 Å². The van der Waals surface area contributed by atoms with Gasteiger partial charge in [0.2, 0.25) is 5.91 Å². The topological polar surface area (TPSA) is 63.2 Å². The second-order valence-corrected chi connectivity index (χ2v) is 5.15. The van der Waals surface area contributed by atoms with Gasteiger partial charge in [-0.15, -0.1) is 6.58 Å². The molecule has 0 radical (unpaired) electrons. The van der Waals surface area contributed by atoms with Crippen LogP contribution in [0.2, 0.25) is 0 Å². The Kier molecular flexibility index (Phi) is 3.46. The van der Waals surface area contributed by atoms with Crippen molar-refractivity contribution >= 4 is 15.7 Å². The number of nitrogens with one attached hydrogen (secondary N) is 1. The molecule has 0 bridgehead atoms. The molecule has 0 aromatic carbocycles. The Balaban J connectivity index is 2.37. The van der Waals surface area contributed by atoms with Gasteiger partial charge in [-0.1, -0.05) is 12.2 Å². The fraction of sp³-hybridized carbons (Fsp3) is 0.444. The van der Waals surface area contributed by atoms with Crippen molar-refractivity contribution in [3.8, 4) is 0 Å². The Morgan fingerprint density at radius 3 is 2.86 bits per heavy atom. The number of hydrogen-bond donors (Lipinski definition) is 1. The minimum absolute atomic E-state index is 0.0501.